The third-order valence-corrected chi connectivity index (χ3v) is 4.25. The molecular formula is C17H13F2N3O2. The second kappa shape index (κ2) is 5.30. The van der Waals surface area contributed by atoms with E-state index in [1.807, 2.05) is 6.07 Å². The van der Waals surface area contributed by atoms with Crippen LogP contribution in [0.25, 0.3) is 11.3 Å². The number of H-pyrrole nitrogens is 1. The molecule has 1 aromatic carbocycles. The van der Waals surface area contributed by atoms with Gasteiger partial charge in [-0.15, -0.1) is 0 Å². The molecule has 1 saturated carbocycles. The summed E-state index contributed by atoms with van der Waals surface area (Å²) in [5.74, 6) is -1.32. The largest absolute Gasteiger partial charge is 0.493 e. The third kappa shape index (κ3) is 2.47. The molecule has 1 aliphatic rings. The highest BCUT2D eigenvalue weighted by molar-refractivity contribution is 5.59. The van der Waals surface area contributed by atoms with E-state index in [1.165, 1.54) is 22.9 Å². The lowest BCUT2D eigenvalue weighted by Gasteiger charge is -2.05. The Morgan fingerprint density at radius 3 is 2.54 bits per heavy atom. The molecule has 122 valence electrons. The normalized spacial score (nSPS) is 19.4. The average molecular weight is 329 g/mol. The van der Waals surface area contributed by atoms with E-state index in [1.54, 1.807) is 12.3 Å². The average Bonchev–Trinajstić information content (AvgIpc) is 3.25. The van der Waals surface area contributed by atoms with Crippen LogP contribution >= 0.6 is 0 Å². The zero-order valence-electron chi connectivity index (χ0n) is 12.4. The van der Waals surface area contributed by atoms with Crippen molar-refractivity contribution in [3.8, 4) is 17.1 Å². The highest BCUT2D eigenvalue weighted by Gasteiger charge is 2.42. The van der Waals surface area contributed by atoms with E-state index < -0.39 is 11.6 Å². The molecular weight excluding hydrogens is 316 g/mol. The Morgan fingerprint density at radius 1 is 1.21 bits per heavy atom. The molecule has 5 nitrogen and oxygen atoms in total. The van der Waals surface area contributed by atoms with Crippen LogP contribution in [0, 0.1) is 11.6 Å². The molecule has 0 radical (unpaired) electrons. The Bertz CT molecular complexity index is 942. The molecule has 0 amide bonds. The summed E-state index contributed by atoms with van der Waals surface area (Å²) in [7, 11) is 0. The first-order chi connectivity index (χ1) is 11.5. The van der Waals surface area contributed by atoms with E-state index in [-0.39, 0.29) is 23.5 Å². The molecule has 0 bridgehead atoms. The maximum Gasteiger partial charge on any atom is 0.328 e. The summed E-state index contributed by atoms with van der Waals surface area (Å²) >= 11 is 0. The van der Waals surface area contributed by atoms with E-state index in [0.29, 0.717) is 11.3 Å². The molecule has 2 N–H and O–H groups in total. The highest BCUT2D eigenvalue weighted by Crippen LogP contribution is 2.51. The Labute approximate surface area is 135 Å². The number of halogens is 2. The summed E-state index contributed by atoms with van der Waals surface area (Å²) in [6.07, 6.45) is 3.62. The van der Waals surface area contributed by atoms with Crippen LogP contribution in [0.15, 0.2) is 47.5 Å². The van der Waals surface area contributed by atoms with E-state index in [9.17, 15) is 18.7 Å². The number of rotatable bonds is 3. The zero-order valence-corrected chi connectivity index (χ0v) is 12.4. The first-order valence-electron chi connectivity index (χ1n) is 7.44. The smallest absolute Gasteiger partial charge is 0.328 e. The van der Waals surface area contributed by atoms with Crippen molar-refractivity contribution in [1.82, 2.24) is 14.5 Å². The molecule has 2 heterocycles. The van der Waals surface area contributed by atoms with E-state index in [0.717, 1.165) is 18.1 Å². The summed E-state index contributed by atoms with van der Waals surface area (Å²) in [5, 5.41) is 9.70. The SMILES string of the molecule is O=c1[nH]cc(O)n1C1CC1c1ccc(-c2cc(F)cc(F)c2)nc1. The van der Waals surface area contributed by atoms with Gasteiger partial charge in [0, 0.05) is 29.8 Å². The van der Waals surface area contributed by atoms with E-state index in [2.05, 4.69) is 9.97 Å². The van der Waals surface area contributed by atoms with Gasteiger partial charge in [0.25, 0.3) is 0 Å². The van der Waals surface area contributed by atoms with Crippen LogP contribution in [0.5, 0.6) is 5.88 Å². The van der Waals surface area contributed by atoms with Gasteiger partial charge in [0.2, 0.25) is 5.88 Å². The minimum atomic E-state index is -0.652. The van der Waals surface area contributed by atoms with Crippen LogP contribution in [-0.4, -0.2) is 19.6 Å². The van der Waals surface area contributed by atoms with E-state index >= 15 is 0 Å². The van der Waals surface area contributed by atoms with Crippen LogP contribution in [0.1, 0.15) is 23.9 Å². The predicted molar refractivity (Wildman–Crippen MR) is 82.7 cm³/mol. The monoisotopic (exact) mass is 329 g/mol. The fourth-order valence-electron chi connectivity index (χ4n) is 3.01. The number of aromatic nitrogens is 3. The summed E-state index contributed by atoms with van der Waals surface area (Å²) in [6.45, 7) is 0. The van der Waals surface area contributed by atoms with Gasteiger partial charge in [-0.05, 0) is 30.2 Å². The van der Waals surface area contributed by atoms with Crippen molar-refractivity contribution in [2.75, 3.05) is 0 Å². The second-order valence-electron chi connectivity index (χ2n) is 5.87. The molecule has 24 heavy (non-hydrogen) atoms. The minimum absolute atomic E-state index is 0.0789. The molecule has 3 aromatic rings. The molecule has 2 atom stereocenters. The van der Waals surface area contributed by atoms with Crippen molar-refractivity contribution in [2.45, 2.75) is 18.4 Å². The number of hydrogen-bond donors (Lipinski definition) is 2. The second-order valence-corrected chi connectivity index (χ2v) is 5.87. The van der Waals surface area contributed by atoms with Gasteiger partial charge in [-0.25, -0.2) is 13.6 Å². The quantitative estimate of drug-likeness (QED) is 0.776. The van der Waals surface area contributed by atoms with Crippen molar-refractivity contribution < 1.29 is 13.9 Å². The molecule has 0 saturated heterocycles. The number of pyridine rings is 1. The van der Waals surface area contributed by atoms with Crippen LogP contribution in [-0.2, 0) is 0 Å². The minimum Gasteiger partial charge on any atom is -0.493 e. The lowest BCUT2D eigenvalue weighted by atomic mass is 10.1. The van der Waals surface area contributed by atoms with Gasteiger partial charge in [-0.2, -0.15) is 0 Å². The third-order valence-electron chi connectivity index (χ3n) is 4.25. The van der Waals surface area contributed by atoms with Crippen molar-refractivity contribution >= 4 is 0 Å². The summed E-state index contributed by atoms with van der Waals surface area (Å²) < 4.78 is 27.9. The number of aromatic hydroxyl groups is 1. The van der Waals surface area contributed by atoms with Crippen LogP contribution in [0.3, 0.4) is 0 Å². The summed E-state index contributed by atoms with van der Waals surface area (Å²) in [5.41, 5.74) is 1.40. The molecule has 1 aliphatic carbocycles. The number of nitrogens with one attached hydrogen (secondary N) is 1. The van der Waals surface area contributed by atoms with Gasteiger partial charge in [-0.3, -0.25) is 9.55 Å². The Kier molecular flexibility index (Phi) is 3.23. The summed E-state index contributed by atoms with van der Waals surface area (Å²) in [6, 6.07) is 6.67. The van der Waals surface area contributed by atoms with Crippen LogP contribution in [0.2, 0.25) is 0 Å². The predicted octanol–water partition coefficient (Wildman–Crippen LogP) is 2.95. The van der Waals surface area contributed by atoms with Gasteiger partial charge < -0.3 is 10.1 Å². The van der Waals surface area contributed by atoms with Crippen molar-refractivity contribution in [2.24, 2.45) is 0 Å². The lowest BCUT2D eigenvalue weighted by Crippen LogP contribution is -2.15. The molecule has 1 fully saturated rings. The lowest BCUT2D eigenvalue weighted by molar-refractivity contribution is 0.413. The molecule has 2 aromatic heterocycles. The molecule has 4 rings (SSSR count). The maximum atomic E-state index is 13.3. The molecule has 0 aliphatic heterocycles. The number of imidazole rings is 1. The van der Waals surface area contributed by atoms with Gasteiger partial charge in [-0.1, -0.05) is 6.07 Å². The standard InChI is InChI=1S/C17H13F2N3O2/c18-11-3-10(4-12(19)5-11)14-2-1-9(7-20-14)13-6-15(13)22-16(23)8-21-17(22)24/h1-5,7-8,13,15,23H,6H2,(H,21,24). The zero-order chi connectivity index (χ0) is 16.8. The van der Waals surface area contributed by atoms with Gasteiger partial charge >= 0.3 is 5.69 Å². The van der Waals surface area contributed by atoms with Crippen molar-refractivity contribution in [1.29, 1.82) is 0 Å². The fraction of sp³-hybridized carbons (Fsp3) is 0.176. The number of aromatic amines is 1. The van der Waals surface area contributed by atoms with E-state index in [4.69, 9.17) is 0 Å². The summed E-state index contributed by atoms with van der Waals surface area (Å²) in [4.78, 5) is 18.4. The van der Waals surface area contributed by atoms with Gasteiger partial charge in [0.05, 0.1) is 11.9 Å². The van der Waals surface area contributed by atoms with Crippen molar-refractivity contribution in [3.63, 3.8) is 0 Å². The van der Waals surface area contributed by atoms with Crippen LogP contribution < -0.4 is 5.69 Å². The number of nitrogens with zero attached hydrogens (tertiary/aromatic N) is 2. The Morgan fingerprint density at radius 2 is 1.96 bits per heavy atom. The van der Waals surface area contributed by atoms with Crippen LogP contribution in [0.4, 0.5) is 8.78 Å². The van der Waals surface area contributed by atoms with Gasteiger partial charge in [0.1, 0.15) is 11.6 Å². The van der Waals surface area contributed by atoms with Crippen molar-refractivity contribution in [3.05, 3.63) is 70.4 Å². The first kappa shape index (κ1) is 14.6. The Hall–Kier alpha value is -2.96. The number of benzene rings is 1. The Balaban J connectivity index is 1.58. The first-order valence-corrected chi connectivity index (χ1v) is 7.44. The van der Waals surface area contributed by atoms with Gasteiger partial charge in [0.15, 0.2) is 0 Å². The molecule has 7 heteroatoms. The topological polar surface area (TPSA) is 70.9 Å². The highest BCUT2D eigenvalue weighted by atomic mass is 19.1. The fourth-order valence-corrected chi connectivity index (χ4v) is 3.01. The number of hydrogen-bond acceptors (Lipinski definition) is 3. The molecule has 2 unspecified atom stereocenters. The molecule has 0 spiro atoms. The maximum absolute atomic E-state index is 13.3.